The Balaban J connectivity index is 2.88. The van der Waals surface area contributed by atoms with E-state index in [9.17, 15) is 4.79 Å². The van der Waals surface area contributed by atoms with E-state index in [0.29, 0.717) is 0 Å². The van der Waals surface area contributed by atoms with Crippen LogP contribution in [-0.4, -0.2) is 30.7 Å². The summed E-state index contributed by atoms with van der Waals surface area (Å²) in [4.78, 5) is 11.2. The Morgan fingerprint density at radius 1 is 2.10 bits per heavy atom. The van der Waals surface area contributed by atoms with E-state index in [1.165, 1.54) is 0 Å². The first-order chi connectivity index (χ1) is 8.38. The van der Waals surface area contributed by atoms with Crippen molar-refractivity contribution in [2.45, 2.75) is 6.37 Å². The van der Waals surface area contributed by atoms with Crippen LogP contribution in [0.3, 0.4) is 0 Å². The summed E-state index contributed by atoms with van der Waals surface area (Å²) in [6.07, 6.45) is -3.01. The molecule has 0 aromatic rings. The molecule has 0 saturated carbocycles. The fraction of sp³-hybridized carbons (Fsp3) is 0.625. The van der Waals surface area contributed by atoms with Gasteiger partial charge in [-0.3, -0.25) is 9.69 Å². The van der Waals surface area contributed by atoms with E-state index in [4.69, 9.17) is 12.3 Å². The van der Waals surface area contributed by atoms with Gasteiger partial charge in [-0.1, -0.05) is 6.05 Å². The van der Waals surface area contributed by atoms with Crippen molar-refractivity contribution in [1.29, 1.82) is 0 Å². The number of carbonyl (C=O) groups is 1. The molecular weight excluding hydrogens is 126 g/mol. The molecule has 0 N–H and O–H groups in total. The Morgan fingerprint density at radius 3 is 3.80 bits per heavy atom. The van der Waals surface area contributed by atoms with Crippen LogP contribution < -0.4 is 0 Å². The van der Waals surface area contributed by atoms with Crippen molar-refractivity contribution in [1.82, 2.24) is 4.90 Å². The SMILES string of the molecule is [2H]C1=C(C=O)C([2H])([2H])N2C([2H])C1([2H])C([2H])([2H])C2([2H])[2H]. The number of carbonyl (C=O) groups excluding carboxylic acids is 1. The second-order valence-electron chi connectivity index (χ2n) is 1.92. The molecule has 0 aliphatic carbocycles. The maximum Gasteiger partial charge on any atom is 0.147 e. The van der Waals surface area contributed by atoms with Gasteiger partial charge in [0.05, 0.1) is 1.37 Å². The van der Waals surface area contributed by atoms with Gasteiger partial charge >= 0.3 is 0 Å². The zero-order valence-corrected chi connectivity index (χ0v) is 5.01. The molecular formula is C8H11NO. The summed E-state index contributed by atoms with van der Waals surface area (Å²) >= 11 is 0. The van der Waals surface area contributed by atoms with Crippen LogP contribution in [0.2, 0.25) is 0 Å². The molecule has 0 radical (unpaired) electrons. The molecule has 1 saturated heterocycles. The highest BCUT2D eigenvalue weighted by Crippen LogP contribution is 2.23. The van der Waals surface area contributed by atoms with Gasteiger partial charge in [0.2, 0.25) is 0 Å². The summed E-state index contributed by atoms with van der Waals surface area (Å²) in [6.45, 7) is -7.74. The van der Waals surface area contributed by atoms with Gasteiger partial charge in [0.1, 0.15) is 6.29 Å². The molecule has 2 bridgehead atoms. The highest BCUT2D eigenvalue weighted by molar-refractivity contribution is 5.74. The minimum Gasteiger partial charge on any atom is -0.298 e. The molecule has 0 spiro atoms. The quantitative estimate of drug-likeness (QED) is 0.500. The van der Waals surface area contributed by atoms with Crippen LogP contribution in [0.5, 0.6) is 0 Å². The first-order valence-electron chi connectivity index (χ1n) is 7.35. The van der Waals surface area contributed by atoms with Crippen LogP contribution in [0.25, 0.3) is 0 Å². The van der Waals surface area contributed by atoms with E-state index in [1.807, 2.05) is 0 Å². The Kier molecular flexibility index (Phi) is 0.385. The van der Waals surface area contributed by atoms with Crippen LogP contribution in [-0.2, 0) is 4.79 Å². The summed E-state index contributed by atoms with van der Waals surface area (Å²) in [5.41, 5.74) is -0.809. The van der Waals surface area contributed by atoms with Crippen molar-refractivity contribution in [3.05, 3.63) is 11.6 Å². The average molecular weight is 146 g/mol. The van der Waals surface area contributed by atoms with Gasteiger partial charge in [0, 0.05) is 29.6 Å². The lowest BCUT2D eigenvalue weighted by molar-refractivity contribution is -0.105. The second kappa shape index (κ2) is 2.20. The van der Waals surface area contributed by atoms with E-state index in [2.05, 4.69) is 0 Å². The molecule has 2 aliphatic rings. The van der Waals surface area contributed by atoms with Gasteiger partial charge in [0.15, 0.2) is 0 Å². The fourth-order valence-corrected chi connectivity index (χ4v) is 0.796. The highest BCUT2D eigenvalue weighted by atomic mass is 16.1. The molecule has 54 valence electrons. The first-order valence-corrected chi connectivity index (χ1v) is 2.77. The summed E-state index contributed by atoms with van der Waals surface area (Å²) in [5, 5.41) is 0. The van der Waals surface area contributed by atoms with Crippen molar-refractivity contribution in [3.63, 3.8) is 0 Å². The highest BCUT2D eigenvalue weighted by Gasteiger charge is 2.25. The maximum absolute atomic E-state index is 10.9. The topological polar surface area (TPSA) is 20.3 Å². The van der Waals surface area contributed by atoms with E-state index < -0.39 is 43.4 Å². The monoisotopic (exact) mass is 146 g/mol. The third-order valence-corrected chi connectivity index (χ3v) is 1.20. The van der Waals surface area contributed by atoms with Gasteiger partial charge in [0.25, 0.3) is 0 Å². The van der Waals surface area contributed by atoms with Crippen LogP contribution in [0, 0.1) is 5.89 Å². The molecule has 10 heavy (non-hydrogen) atoms. The molecule has 2 nitrogen and oxygen atoms in total. The van der Waals surface area contributed by atoms with Gasteiger partial charge in [-0.05, 0) is 18.8 Å². The molecule has 3 atom stereocenters. The maximum atomic E-state index is 10.9. The summed E-state index contributed by atoms with van der Waals surface area (Å²) < 4.78 is 69.7. The van der Waals surface area contributed by atoms with E-state index >= 15 is 0 Å². The Bertz CT molecular complexity index is 487. The van der Waals surface area contributed by atoms with Crippen LogP contribution in [0.15, 0.2) is 11.6 Å². The van der Waals surface area contributed by atoms with Crippen molar-refractivity contribution in [2.75, 3.05) is 19.5 Å². The van der Waals surface area contributed by atoms with Gasteiger partial charge in [-0.25, -0.2) is 0 Å². The van der Waals surface area contributed by atoms with Crippen molar-refractivity contribution >= 4 is 6.29 Å². The van der Waals surface area contributed by atoms with Crippen molar-refractivity contribution in [2.24, 2.45) is 5.89 Å². The molecule has 0 aromatic heterocycles. The standard InChI is InChI=1S/C8H11NO/c10-6-8-3-7-1-2-9(4-7)5-8/h3,6-7H,1-2,4-5H2/i1D2,2D2,3D,4D,5D2,7D. The normalized spacial score (nSPS) is 81.4. The predicted molar refractivity (Wildman–Crippen MR) is 38.7 cm³/mol. The number of rotatable bonds is 1. The number of fused-ring (bicyclic) bond motifs is 2. The molecule has 0 aromatic carbocycles. The number of hydrogen-bond donors (Lipinski definition) is 0. The second-order valence-corrected chi connectivity index (χ2v) is 1.92. The summed E-state index contributed by atoms with van der Waals surface area (Å²) in [7, 11) is 0. The summed E-state index contributed by atoms with van der Waals surface area (Å²) in [5.74, 6) is -2.65. The molecule has 3 unspecified atom stereocenters. The third-order valence-electron chi connectivity index (χ3n) is 1.20. The fourth-order valence-electron chi connectivity index (χ4n) is 0.796. The van der Waals surface area contributed by atoms with Gasteiger partial charge in [-0.15, -0.1) is 0 Å². The lowest BCUT2D eigenvalue weighted by Gasteiger charge is -2.19. The Hall–Kier alpha value is -0.630. The zero-order chi connectivity index (χ0) is 15.0. The van der Waals surface area contributed by atoms with E-state index in [1.54, 1.807) is 0 Å². The van der Waals surface area contributed by atoms with Gasteiger partial charge < -0.3 is 0 Å². The molecule has 2 aliphatic heterocycles. The summed E-state index contributed by atoms with van der Waals surface area (Å²) in [6, 6.07) is -0.977. The number of hydrogen-bond acceptors (Lipinski definition) is 2. The van der Waals surface area contributed by atoms with Crippen LogP contribution in [0.1, 0.15) is 18.7 Å². The average Bonchev–Trinajstić information content (AvgIpc) is 2.33. The van der Waals surface area contributed by atoms with Crippen molar-refractivity contribution < 1.29 is 17.1 Å². The molecule has 1 fully saturated rings. The number of nitrogens with zero attached hydrogens (tertiary/aromatic N) is 1. The Labute approximate surface area is 73.2 Å². The lowest BCUT2D eigenvalue weighted by Crippen LogP contribution is -2.26. The van der Waals surface area contributed by atoms with Crippen LogP contribution in [0.4, 0.5) is 0 Å². The molecule has 2 heterocycles. The smallest absolute Gasteiger partial charge is 0.147 e. The number of aldehydes is 1. The largest absolute Gasteiger partial charge is 0.298 e. The third kappa shape index (κ3) is 0.886. The zero-order valence-electron chi connectivity index (χ0n) is 14.0. The minimum atomic E-state index is -3.00. The molecule has 2 rings (SSSR count). The molecule has 0 amide bonds. The van der Waals surface area contributed by atoms with E-state index in [0.717, 1.165) is 0 Å². The van der Waals surface area contributed by atoms with Gasteiger partial charge in [-0.2, -0.15) is 0 Å². The van der Waals surface area contributed by atoms with E-state index in [-0.39, 0.29) is 11.2 Å². The Morgan fingerprint density at radius 2 is 3.00 bits per heavy atom. The lowest BCUT2D eigenvalue weighted by atomic mass is 10.0. The predicted octanol–water partition coefficient (Wildman–Crippen LogP) is 0.447. The van der Waals surface area contributed by atoms with Crippen LogP contribution >= 0.6 is 0 Å². The minimum absolute atomic E-state index is 0.0119. The molecule has 2 heteroatoms. The first kappa shape index (κ1) is 1.75. The van der Waals surface area contributed by atoms with Crippen molar-refractivity contribution in [3.8, 4) is 0 Å².